The molecule has 5 rings (SSSR count). The maximum absolute atomic E-state index is 14.8. The van der Waals surface area contributed by atoms with Crippen LogP contribution in [0, 0.1) is 5.82 Å². The van der Waals surface area contributed by atoms with Gasteiger partial charge in [-0.25, -0.2) is 32.9 Å². The van der Waals surface area contributed by atoms with Gasteiger partial charge in [0.25, 0.3) is 12.0 Å². The highest BCUT2D eigenvalue weighted by molar-refractivity contribution is 5.89. The van der Waals surface area contributed by atoms with E-state index in [4.69, 9.17) is 0 Å². The Hall–Kier alpha value is -4.67. The number of benzene rings is 3. The second-order valence-corrected chi connectivity index (χ2v) is 8.11. The van der Waals surface area contributed by atoms with E-state index in [1.54, 1.807) is 48.5 Å². The maximum atomic E-state index is 14.8. The summed E-state index contributed by atoms with van der Waals surface area (Å²) in [4.78, 5) is 30.7. The summed E-state index contributed by atoms with van der Waals surface area (Å²) >= 11 is 0. The summed E-state index contributed by atoms with van der Waals surface area (Å²) in [5.74, 6) is -0.738. The number of nitrogens with one attached hydrogen (secondary N) is 2. The van der Waals surface area contributed by atoms with Crippen molar-refractivity contribution in [2.24, 2.45) is 0 Å². The molecule has 3 N–H and O–H groups in total. The first-order valence-corrected chi connectivity index (χ1v) is 10.8. The van der Waals surface area contributed by atoms with E-state index in [1.807, 2.05) is 6.07 Å². The molecule has 11 heteroatoms. The average Bonchev–Trinajstić information content (AvgIpc) is 3.28. The summed E-state index contributed by atoms with van der Waals surface area (Å²) in [6.45, 7) is -1.04. The van der Waals surface area contributed by atoms with Gasteiger partial charge in [0.1, 0.15) is 5.82 Å². The minimum Gasteiger partial charge on any atom is -0.465 e. The molecule has 0 unspecified atom stereocenters. The van der Waals surface area contributed by atoms with Gasteiger partial charge in [-0.3, -0.25) is 4.79 Å². The number of hydrogen-bond donors (Lipinski definition) is 3. The molecule has 3 aromatic carbocycles. The summed E-state index contributed by atoms with van der Waals surface area (Å²) in [5.41, 5.74) is 2.52. The van der Waals surface area contributed by atoms with Gasteiger partial charge in [0.15, 0.2) is 0 Å². The van der Waals surface area contributed by atoms with Crippen molar-refractivity contribution < 1.29 is 23.1 Å². The number of hydrogen-bond acceptors (Lipinski definition) is 4. The first-order chi connectivity index (χ1) is 17.3. The molecule has 1 amide bonds. The molecule has 0 aliphatic carbocycles. The van der Waals surface area contributed by atoms with Gasteiger partial charge in [0.2, 0.25) is 5.95 Å². The first-order valence-electron chi connectivity index (χ1n) is 10.8. The van der Waals surface area contributed by atoms with Crippen LogP contribution in [0.25, 0.3) is 32.9 Å². The lowest BCUT2D eigenvalue weighted by Crippen LogP contribution is -2.34. The predicted octanol–water partition coefficient (Wildman–Crippen LogP) is 4.95. The quantitative estimate of drug-likeness (QED) is 0.310. The molecular formula is C25H18F3N5O3. The molecule has 5 aromatic rings. The fourth-order valence-electron chi connectivity index (χ4n) is 4.08. The summed E-state index contributed by atoms with van der Waals surface area (Å²) in [5, 5.41) is 17.1. The van der Waals surface area contributed by atoms with Gasteiger partial charge in [-0.15, -0.1) is 0 Å². The SMILES string of the molecule is O=C(O)N(CC(F)F)c1nc2cc(-c3cc(Cc4n[nH]c(=O)c5ccccc45)ccc3F)ccc2[nH]1. The Bertz CT molecular complexity index is 1660. The molecular weight excluding hydrogens is 475 g/mol. The number of aromatic amines is 2. The van der Waals surface area contributed by atoms with Crippen LogP contribution in [0.2, 0.25) is 0 Å². The molecule has 0 spiro atoms. The van der Waals surface area contributed by atoms with E-state index in [2.05, 4.69) is 20.2 Å². The molecule has 0 bridgehead atoms. The highest BCUT2D eigenvalue weighted by atomic mass is 19.3. The second-order valence-electron chi connectivity index (χ2n) is 8.11. The van der Waals surface area contributed by atoms with Crippen molar-refractivity contribution in [1.29, 1.82) is 0 Å². The Balaban J connectivity index is 1.50. The third-order valence-electron chi connectivity index (χ3n) is 5.77. The van der Waals surface area contributed by atoms with Crippen LogP contribution in [0.15, 0.2) is 65.5 Å². The number of halogens is 3. The number of carbonyl (C=O) groups is 1. The Morgan fingerprint density at radius 3 is 2.58 bits per heavy atom. The van der Waals surface area contributed by atoms with Crippen molar-refractivity contribution >= 4 is 33.8 Å². The number of anilines is 1. The molecule has 0 atom stereocenters. The van der Waals surface area contributed by atoms with Gasteiger partial charge in [-0.1, -0.05) is 30.3 Å². The number of H-pyrrole nitrogens is 2. The van der Waals surface area contributed by atoms with Crippen LogP contribution in [-0.2, 0) is 6.42 Å². The lowest BCUT2D eigenvalue weighted by molar-refractivity contribution is 0.147. The van der Waals surface area contributed by atoms with Crippen molar-refractivity contribution in [3.63, 3.8) is 0 Å². The summed E-state index contributed by atoms with van der Waals surface area (Å²) in [6.07, 6.45) is -4.12. The zero-order valence-electron chi connectivity index (χ0n) is 18.5. The van der Waals surface area contributed by atoms with Gasteiger partial charge in [0, 0.05) is 17.4 Å². The van der Waals surface area contributed by atoms with E-state index in [0.29, 0.717) is 44.4 Å². The van der Waals surface area contributed by atoms with Crippen molar-refractivity contribution in [3.05, 3.63) is 88.1 Å². The zero-order valence-corrected chi connectivity index (χ0v) is 18.5. The van der Waals surface area contributed by atoms with Gasteiger partial charge < -0.3 is 10.1 Å². The number of aromatic nitrogens is 4. The van der Waals surface area contributed by atoms with E-state index in [0.717, 1.165) is 5.56 Å². The second kappa shape index (κ2) is 9.17. The number of imidazole rings is 1. The number of carboxylic acid groups (broad SMARTS) is 1. The van der Waals surface area contributed by atoms with Gasteiger partial charge in [-0.2, -0.15) is 5.10 Å². The van der Waals surface area contributed by atoms with Gasteiger partial charge in [0.05, 0.1) is 28.7 Å². The van der Waals surface area contributed by atoms with E-state index >= 15 is 0 Å². The molecule has 0 saturated carbocycles. The van der Waals surface area contributed by atoms with Crippen LogP contribution in [0.3, 0.4) is 0 Å². The summed E-state index contributed by atoms with van der Waals surface area (Å²) in [6, 6.07) is 16.4. The van der Waals surface area contributed by atoms with Crippen molar-refractivity contribution in [3.8, 4) is 11.1 Å². The van der Waals surface area contributed by atoms with Crippen molar-refractivity contribution in [2.75, 3.05) is 11.4 Å². The van der Waals surface area contributed by atoms with Crippen LogP contribution >= 0.6 is 0 Å². The highest BCUT2D eigenvalue weighted by Gasteiger charge is 2.22. The van der Waals surface area contributed by atoms with Crippen molar-refractivity contribution in [2.45, 2.75) is 12.8 Å². The molecule has 2 heterocycles. The third kappa shape index (κ3) is 4.38. The van der Waals surface area contributed by atoms with Crippen LogP contribution in [-0.4, -0.2) is 44.3 Å². The molecule has 36 heavy (non-hydrogen) atoms. The Kier molecular flexibility index (Phi) is 5.88. The van der Waals surface area contributed by atoms with Crippen LogP contribution < -0.4 is 10.5 Å². The summed E-state index contributed by atoms with van der Waals surface area (Å²) in [7, 11) is 0. The molecule has 8 nitrogen and oxygen atoms in total. The number of nitrogens with zero attached hydrogens (tertiary/aromatic N) is 3. The molecule has 0 fully saturated rings. The number of fused-ring (bicyclic) bond motifs is 2. The Labute approximate surface area is 201 Å². The zero-order chi connectivity index (χ0) is 25.4. The number of amides is 1. The molecule has 182 valence electrons. The topological polar surface area (TPSA) is 115 Å². The van der Waals surface area contributed by atoms with Crippen molar-refractivity contribution in [1.82, 2.24) is 20.2 Å². The van der Waals surface area contributed by atoms with Crippen LogP contribution in [0.5, 0.6) is 0 Å². The fraction of sp³-hybridized carbons (Fsp3) is 0.120. The number of rotatable bonds is 6. The third-order valence-corrected chi connectivity index (χ3v) is 5.77. The standard InChI is InChI=1S/C25H18F3N5O3/c26-18-7-5-13(10-20-15-3-1-2-4-16(15)23(34)32-31-20)9-17(18)14-6-8-19-21(11-14)30-24(29-19)33(25(35)36)12-22(27)28/h1-9,11,22H,10,12H2,(H,29,30)(H,32,34)(H,35,36). The summed E-state index contributed by atoms with van der Waals surface area (Å²) < 4.78 is 40.4. The van der Waals surface area contributed by atoms with Crippen LogP contribution in [0.1, 0.15) is 11.3 Å². The van der Waals surface area contributed by atoms with Crippen LogP contribution in [0.4, 0.5) is 23.9 Å². The van der Waals surface area contributed by atoms with E-state index in [1.165, 1.54) is 6.07 Å². The molecule has 0 saturated heterocycles. The maximum Gasteiger partial charge on any atom is 0.414 e. The smallest absolute Gasteiger partial charge is 0.414 e. The Morgan fingerprint density at radius 1 is 1.06 bits per heavy atom. The van der Waals surface area contributed by atoms with E-state index < -0.39 is 24.9 Å². The van der Waals surface area contributed by atoms with E-state index in [-0.39, 0.29) is 17.1 Å². The largest absolute Gasteiger partial charge is 0.465 e. The minimum absolute atomic E-state index is 0.250. The van der Waals surface area contributed by atoms with Gasteiger partial charge in [-0.05, 0) is 41.5 Å². The minimum atomic E-state index is -2.88. The molecule has 0 radical (unpaired) electrons. The Morgan fingerprint density at radius 2 is 1.83 bits per heavy atom. The highest BCUT2D eigenvalue weighted by Crippen LogP contribution is 2.29. The van der Waals surface area contributed by atoms with E-state index in [9.17, 15) is 27.9 Å². The lowest BCUT2D eigenvalue weighted by Gasteiger charge is -2.14. The normalized spacial score (nSPS) is 11.4. The fourth-order valence-corrected chi connectivity index (χ4v) is 4.08. The first kappa shape index (κ1) is 23.1. The average molecular weight is 493 g/mol. The number of alkyl halides is 2. The lowest BCUT2D eigenvalue weighted by atomic mass is 9.98. The predicted molar refractivity (Wildman–Crippen MR) is 128 cm³/mol. The monoisotopic (exact) mass is 493 g/mol. The molecule has 0 aliphatic heterocycles. The molecule has 0 aliphatic rings. The van der Waals surface area contributed by atoms with Gasteiger partial charge >= 0.3 is 6.09 Å². The molecule has 2 aromatic heterocycles.